The molecule has 0 amide bonds. The first-order valence-corrected chi connectivity index (χ1v) is 4.74. The monoisotopic (exact) mass is 171 g/mol. The Morgan fingerprint density at radius 3 is 2.92 bits per heavy atom. The Balaban J connectivity index is 1.85. The lowest BCUT2D eigenvalue weighted by Gasteiger charge is -2.32. The lowest BCUT2D eigenvalue weighted by molar-refractivity contribution is -0.0510. The van der Waals surface area contributed by atoms with Crippen LogP contribution in [0.1, 0.15) is 6.42 Å². The van der Waals surface area contributed by atoms with Gasteiger partial charge in [-0.2, -0.15) is 0 Å². The van der Waals surface area contributed by atoms with E-state index in [4.69, 9.17) is 9.47 Å². The topological polar surface area (TPSA) is 21.7 Å². The highest BCUT2D eigenvalue weighted by Crippen LogP contribution is 2.21. The molecule has 3 heteroatoms. The molecule has 0 radical (unpaired) electrons. The molecule has 2 fully saturated rings. The van der Waals surface area contributed by atoms with Crippen molar-refractivity contribution in [2.75, 3.05) is 40.0 Å². The normalized spacial score (nSPS) is 38.8. The lowest BCUT2D eigenvalue weighted by Crippen LogP contribution is -2.43. The zero-order valence-electron chi connectivity index (χ0n) is 7.66. The Kier molecular flexibility index (Phi) is 2.63. The maximum absolute atomic E-state index is 5.71. The second-order valence-corrected chi connectivity index (χ2v) is 3.80. The largest absolute Gasteiger partial charge is 0.381 e. The van der Waals surface area contributed by atoms with Crippen LogP contribution >= 0.6 is 0 Å². The maximum Gasteiger partial charge on any atom is 0.0753 e. The van der Waals surface area contributed by atoms with E-state index < -0.39 is 0 Å². The first kappa shape index (κ1) is 8.48. The SMILES string of the molecule is CN1CCOC(C2CCOC2)C1. The third kappa shape index (κ3) is 1.79. The highest BCUT2D eigenvalue weighted by atomic mass is 16.5. The van der Waals surface area contributed by atoms with Gasteiger partial charge in [-0.05, 0) is 13.5 Å². The minimum absolute atomic E-state index is 0.422. The van der Waals surface area contributed by atoms with Crippen molar-refractivity contribution in [3.8, 4) is 0 Å². The van der Waals surface area contributed by atoms with E-state index in [1.54, 1.807) is 0 Å². The second kappa shape index (κ2) is 3.73. The number of ether oxygens (including phenoxy) is 2. The summed E-state index contributed by atoms with van der Waals surface area (Å²) in [6.45, 7) is 4.86. The number of likely N-dealkylation sites (N-methyl/N-ethyl adjacent to an activating group) is 1. The van der Waals surface area contributed by atoms with Gasteiger partial charge in [0.2, 0.25) is 0 Å². The van der Waals surface area contributed by atoms with Crippen molar-refractivity contribution in [3.63, 3.8) is 0 Å². The molecule has 2 aliphatic rings. The first-order valence-electron chi connectivity index (χ1n) is 4.74. The van der Waals surface area contributed by atoms with Gasteiger partial charge >= 0.3 is 0 Å². The highest BCUT2D eigenvalue weighted by molar-refractivity contribution is 4.79. The Bertz CT molecular complexity index is 145. The molecule has 2 heterocycles. The Morgan fingerprint density at radius 2 is 2.25 bits per heavy atom. The summed E-state index contributed by atoms with van der Waals surface area (Å²) in [6.07, 6.45) is 1.60. The maximum atomic E-state index is 5.71. The summed E-state index contributed by atoms with van der Waals surface area (Å²) in [4.78, 5) is 2.34. The third-order valence-corrected chi connectivity index (χ3v) is 2.79. The van der Waals surface area contributed by atoms with Crippen LogP contribution in [0.25, 0.3) is 0 Å². The van der Waals surface area contributed by atoms with Gasteiger partial charge in [-0.1, -0.05) is 0 Å². The molecule has 0 saturated carbocycles. The quantitative estimate of drug-likeness (QED) is 0.568. The Morgan fingerprint density at radius 1 is 1.33 bits per heavy atom. The van der Waals surface area contributed by atoms with Crippen molar-refractivity contribution < 1.29 is 9.47 Å². The van der Waals surface area contributed by atoms with Crippen LogP contribution in [0.2, 0.25) is 0 Å². The van der Waals surface area contributed by atoms with Crippen molar-refractivity contribution in [2.45, 2.75) is 12.5 Å². The number of hydrogen-bond donors (Lipinski definition) is 0. The van der Waals surface area contributed by atoms with Gasteiger partial charge in [0.25, 0.3) is 0 Å². The molecule has 0 N–H and O–H groups in total. The Labute approximate surface area is 73.6 Å². The summed E-state index contributed by atoms with van der Waals surface area (Å²) in [5, 5.41) is 0. The average Bonchev–Trinajstić information content (AvgIpc) is 2.56. The summed E-state index contributed by atoms with van der Waals surface area (Å²) >= 11 is 0. The second-order valence-electron chi connectivity index (χ2n) is 3.80. The summed E-state index contributed by atoms with van der Waals surface area (Å²) < 4.78 is 11.1. The van der Waals surface area contributed by atoms with Crippen molar-refractivity contribution in [1.82, 2.24) is 4.90 Å². The van der Waals surface area contributed by atoms with Gasteiger partial charge in [-0.3, -0.25) is 0 Å². The molecule has 70 valence electrons. The van der Waals surface area contributed by atoms with Crippen LogP contribution < -0.4 is 0 Å². The molecule has 12 heavy (non-hydrogen) atoms. The van der Waals surface area contributed by atoms with E-state index in [2.05, 4.69) is 11.9 Å². The molecular weight excluding hydrogens is 154 g/mol. The van der Waals surface area contributed by atoms with Crippen LogP contribution in [0.5, 0.6) is 0 Å². The fraction of sp³-hybridized carbons (Fsp3) is 1.00. The molecule has 2 saturated heterocycles. The molecule has 2 unspecified atom stereocenters. The van der Waals surface area contributed by atoms with Gasteiger partial charge in [0, 0.05) is 25.6 Å². The molecule has 3 nitrogen and oxygen atoms in total. The van der Waals surface area contributed by atoms with E-state index in [0.29, 0.717) is 12.0 Å². The van der Waals surface area contributed by atoms with Crippen LogP contribution in [0.3, 0.4) is 0 Å². The van der Waals surface area contributed by atoms with E-state index in [1.165, 1.54) is 6.42 Å². The summed E-state index contributed by atoms with van der Waals surface area (Å²) in [7, 11) is 2.16. The molecule has 0 spiro atoms. The Hall–Kier alpha value is -0.120. The minimum Gasteiger partial charge on any atom is -0.381 e. The first-order chi connectivity index (χ1) is 5.86. The van der Waals surface area contributed by atoms with Gasteiger partial charge in [0.15, 0.2) is 0 Å². The molecular formula is C9H17NO2. The standard InChI is InChI=1S/C9H17NO2/c1-10-3-5-12-9(6-10)8-2-4-11-7-8/h8-9H,2-7H2,1H3. The van der Waals surface area contributed by atoms with Crippen LogP contribution in [-0.2, 0) is 9.47 Å². The van der Waals surface area contributed by atoms with Gasteiger partial charge in [-0.25, -0.2) is 0 Å². The van der Waals surface area contributed by atoms with Crippen molar-refractivity contribution in [1.29, 1.82) is 0 Å². The van der Waals surface area contributed by atoms with E-state index in [1.807, 2.05) is 0 Å². The molecule has 0 aliphatic carbocycles. The van der Waals surface area contributed by atoms with Crippen molar-refractivity contribution >= 4 is 0 Å². The molecule has 2 atom stereocenters. The number of rotatable bonds is 1. The number of nitrogens with zero attached hydrogens (tertiary/aromatic N) is 1. The van der Waals surface area contributed by atoms with Crippen molar-refractivity contribution in [2.24, 2.45) is 5.92 Å². The van der Waals surface area contributed by atoms with Crippen LogP contribution in [0.4, 0.5) is 0 Å². The summed E-state index contributed by atoms with van der Waals surface area (Å²) in [5.74, 6) is 0.646. The number of morpholine rings is 1. The summed E-state index contributed by atoms with van der Waals surface area (Å²) in [6, 6.07) is 0. The smallest absolute Gasteiger partial charge is 0.0753 e. The highest BCUT2D eigenvalue weighted by Gasteiger charge is 2.29. The van der Waals surface area contributed by atoms with Crippen LogP contribution in [0.15, 0.2) is 0 Å². The molecule has 0 aromatic carbocycles. The molecule has 0 bridgehead atoms. The third-order valence-electron chi connectivity index (χ3n) is 2.79. The van der Waals surface area contributed by atoms with Crippen molar-refractivity contribution in [3.05, 3.63) is 0 Å². The fourth-order valence-corrected chi connectivity index (χ4v) is 1.94. The van der Waals surface area contributed by atoms with E-state index in [9.17, 15) is 0 Å². The molecule has 2 rings (SSSR count). The molecule has 0 aromatic heterocycles. The lowest BCUT2D eigenvalue weighted by atomic mass is 10.0. The molecule has 0 aromatic rings. The summed E-state index contributed by atoms with van der Waals surface area (Å²) in [5.41, 5.74) is 0. The van der Waals surface area contributed by atoms with E-state index in [0.717, 1.165) is 32.9 Å². The number of hydrogen-bond acceptors (Lipinski definition) is 3. The van der Waals surface area contributed by atoms with Gasteiger partial charge < -0.3 is 14.4 Å². The van der Waals surface area contributed by atoms with Crippen LogP contribution in [0, 0.1) is 5.92 Å². The fourth-order valence-electron chi connectivity index (χ4n) is 1.94. The van der Waals surface area contributed by atoms with Gasteiger partial charge in [-0.15, -0.1) is 0 Å². The zero-order chi connectivity index (χ0) is 8.39. The predicted molar refractivity (Wildman–Crippen MR) is 46.2 cm³/mol. The molecule has 2 aliphatic heterocycles. The van der Waals surface area contributed by atoms with Crippen LogP contribution in [-0.4, -0.2) is 51.0 Å². The zero-order valence-corrected chi connectivity index (χ0v) is 7.66. The van der Waals surface area contributed by atoms with E-state index in [-0.39, 0.29) is 0 Å². The van der Waals surface area contributed by atoms with Gasteiger partial charge in [0.05, 0.1) is 19.3 Å². The van der Waals surface area contributed by atoms with Gasteiger partial charge in [0.1, 0.15) is 0 Å². The average molecular weight is 171 g/mol. The predicted octanol–water partition coefficient (Wildman–Crippen LogP) is 0.353. The minimum atomic E-state index is 0.422. The van der Waals surface area contributed by atoms with E-state index >= 15 is 0 Å².